The van der Waals surface area contributed by atoms with Crippen molar-refractivity contribution in [2.45, 2.75) is 18.9 Å². The van der Waals surface area contributed by atoms with Gasteiger partial charge in [-0.15, -0.1) is 0 Å². The summed E-state index contributed by atoms with van der Waals surface area (Å²) >= 11 is 3.45. The molecule has 3 rings (SSSR count). The summed E-state index contributed by atoms with van der Waals surface area (Å²) in [6.07, 6.45) is 7.22. The van der Waals surface area contributed by atoms with Gasteiger partial charge >= 0.3 is 0 Å². The van der Waals surface area contributed by atoms with Crippen molar-refractivity contribution in [1.82, 2.24) is 15.3 Å². The summed E-state index contributed by atoms with van der Waals surface area (Å²) in [6, 6.07) is 6.20. The molecule has 0 saturated carbocycles. The van der Waals surface area contributed by atoms with Gasteiger partial charge in [0.1, 0.15) is 0 Å². The Morgan fingerprint density at radius 1 is 1.32 bits per heavy atom. The van der Waals surface area contributed by atoms with Crippen LogP contribution in [-0.2, 0) is 0 Å². The number of halogens is 1. The Morgan fingerprint density at radius 2 is 2.14 bits per heavy atom. The molecule has 0 aliphatic carbocycles. The average Bonchev–Trinajstić information content (AvgIpc) is 2.56. The molecule has 1 saturated heterocycles. The molecule has 1 aromatic carbocycles. The lowest BCUT2D eigenvalue weighted by Crippen LogP contribution is -2.29. The summed E-state index contributed by atoms with van der Waals surface area (Å²) in [4.78, 5) is 13.7. The van der Waals surface area contributed by atoms with E-state index in [1.165, 1.54) is 0 Å². The van der Waals surface area contributed by atoms with Gasteiger partial charge in [0, 0.05) is 22.5 Å². The van der Waals surface area contributed by atoms with Crippen LogP contribution in [-0.4, -0.2) is 35.3 Å². The Hall–Kier alpha value is -1.79. The monoisotopic (exact) mass is 359 g/mol. The van der Waals surface area contributed by atoms with Crippen LogP contribution in [0.4, 0.5) is 0 Å². The first-order chi connectivity index (χ1) is 10.8. The summed E-state index contributed by atoms with van der Waals surface area (Å²) in [7, 11) is 0. The minimum absolute atomic E-state index is 0.360. The van der Waals surface area contributed by atoms with Gasteiger partial charge in [0.2, 0.25) is 0 Å². The number of hydrogen-bond donors (Lipinski definition) is 2. The SMILES string of the molecule is NC=C(C=NC1CCNCC1)c1cnc2ccc(Br)cc2n1. The molecule has 0 unspecified atom stereocenters. The second-order valence-corrected chi connectivity index (χ2v) is 6.19. The van der Waals surface area contributed by atoms with Gasteiger partial charge in [-0.3, -0.25) is 9.98 Å². The number of benzene rings is 1. The van der Waals surface area contributed by atoms with Crippen molar-refractivity contribution in [2.75, 3.05) is 13.1 Å². The van der Waals surface area contributed by atoms with Crippen molar-refractivity contribution < 1.29 is 0 Å². The zero-order chi connectivity index (χ0) is 15.4. The zero-order valence-electron chi connectivity index (χ0n) is 12.2. The van der Waals surface area contributed by atoms with Crippen LogP contribution in [0.5, 0.6) is 0 Å². The standard InChI is InChI=1S/C16H18BrN5/c17-12-1-2-14-15(7-12)22-16(10-21-14)11(8-18)9-20-13-3-5-19-6-4-13/h1-2,7-10,13,19H,3-6,18H2. The van der Waals surface area contributed by atoms with Crippen LogP contribution in [0.2, 0.25) is 0 Å². The van der Waals surface area contributed by atoms with Crippen molar-refractivity contribution in [3.05, 3.63) is 40.8 Å². The molecule has 1 aliphatic rings. The molecule has 6 heteroatoms. The Morgan fingerprint density at radius 3 is 2.91 bits per heavy atom. The predicted molar refractivity (Wildman–Crippen MR) is 93.8 cm³/mol. The highest BCUT2D eigenvalue weighted by Crippen LogP contribution is 2.19. The number of piperidine rings is 1. The summed E-state index contributed by atoms with van der Waals surface area (Å²) in [5, 5.41) is 3.33. The second-order valence-electron chi connectivity index (χ2n) is 5.27. The molecule has 114 valence electrons. The maximum Gasteiger partial charge on any atom is 0.0922 e. The third-order valence-corrected chi connectivity index (χ3v) is 4.21. The first-order valence-corrected chi connectivity index (χ1v) is 8.14. The molecule has 1 fully saturated rings. The van der Waals surface area contributed by atoms with Crippen molar-refractivity contribution in [1.29, 1.82) is 0 Å². The molecule has 3 N–H and O–H groups in total. The van der Waals surface area contributed by atoms with Crippen LogP contribution in [0.15, 0.2) is 40.1 Å². The number of allylic oxidation sites excluding steroid dienone is 1. The van der Waals surface area contributed by atoms with E-state index >= 15 is 0 Å². The fraction of sp³-hybridized carbons (Fsp3) is 0.312. The molecule has 0 spiro atoms. The predicted octanol–water partition coefficient (Wildman–Crippen LogP) is 2.51. The van der Waals surface area contributed by atoms with Gasteiger partial charge in [-0.25, -0.2) is 4.98 Å². The number of fused-ring (bicyclic) bond motifs is 1. The van der Waals surface area contributed by atoms with Crippen LogP contribution in [0.25, 0.3) is 16.6 Å². The van der Waals surface area contributed by atoms with Crippen LogP contribution in [0.3, 0.4) is 0 Å². The van der Waals surface area contributed by atoms with Gasteiger partial charge in [0.25, 0.3) is 0 Å². The molecule has 1 aromatic heterocycles. The van der Waals surface area contributed by atoms with Gasteiger partial charge in [-0.2, -0.15) is 0 Å². The van der Waals surface area contributed by atoms with Gasteiger partial charge < -0.3 is 11.1 Å². The number of nitrogens with two attached hydrogens (primary N) is 1. The van der Waals surface area contributed by atoms with Crippen LogP contribution < -0.4 is 11.1 Å². The average molecular weight is 360 g/mol. The highest BCUT2D eigenvalue weighted by Gasteiger charge is 2.11. The molecular weight excluding hydrogens is 342 g/mol. The molecule has 5 nitrogen and oxygen atoms in total. The van der Waals surface area contributed by atoms with E-state index < -0.39 is 0 Å². The minimum Gasteiger partial charge on any atom is -0.404 e. The van der Waals surface area contributed by atoms with Gasteiger partial charge in [-0.1, -0.05) is 15.9 Å². The number of rotatable bonds is 3. The molecule has 1 aliphatic heterocycles. The lowest BCUT2D eigenvalue weighted by atomic mass is 10.1. The number of aromatic nitrogens is 2. The molecule has 22 heavy (non-hydrogen) atoms. The van der Waals surface area contributed by atoms with Crippen molar-refractivity contribution in [2.24, 2.45) is 10.7 Å². The van der Waals surface area contributed by atoms with Gasteiger partial charge in [-0.05, 0) is 44.1 Å². The summed E-state index contributed by atoms with van der Waals surface area (Å²) < 4.78 is 0.980. The molecule has 2 aromatic rings. The Bertz CT molecular complexity index is 720. The highest BCUT2D eigenvalue weighted by molar-refractivity contribution is 9.10. The summed E-state index contributed by atoms with van der Waals surface area (Å²) in [5.41, 5.74) is 8.99. The summed E-state index contributed by atoms with van der Waals surface area (Å²) in [6.45, 7) is 2.04. The number of nitrogens with one attached hydrogen (secondary N) is 1. The fourth-order valence-electron chi connectivity index (χ4n) is 2.46. The topological polar surface area (TPSA) is 76.2 Å². The van der Waals surface area contributed by atoms with E-state index in [9.17, 15) is 0 Å². The van der Waals surface area contributed by atoms with Crippen LogP contribution in [0.1, 0.15) is 18.5 Å². The Balaban J connectivity index is 1.85. The quantitative estimate of drug-likeness (QED) is 0.825. The minimum atomic E-state index is 0.360. The van der Waals surface area contributed by atoms with E-state index in [-0.39, 0.29) is 0 Å². The molecule has 0 amide bonds. The number of nitrogens with zero attached hydrogens (tertiary/aromatic N) is 3. The summed E-state index contributed by atoms with van der Waals surface area (Å²) in [5.74, 6) is 0. The van der Waals surface area contributed by atoms with Crippen molar-refractivity contribution in [3.8, 4) is 0 Å². The van der Waals surface area contributed by atoms with E-state index in [1.807, 2.05) is 24.4 Å². The van der Waals surface area contributed by atoms with E-state index in [1.54, 1.807) is 12.4 Å². The van der Waals surface area contributed by atoms with E-state index in [4.69, 9.17) is 5.73 Å². The highest BCUT2D eigenvalue weighted by atomic mass is 79.9. The molecule has 0 bridgehead atoms. The maximum absolute atomic E-state index is 5.75. The first-order valence-electron chi connectivity index (χ1n) is 7.35. The van der Waals surface area contributed by atoms with Gasteiger partial charge in [0.05, 0.1) is 29.0 Å². The van der Waals surface area contributed by atoms with Crippen molar-refractivity contribution >= 4 is 38.8 Å². The van der Waals surface area contributed by atoms with Gasteiger partial charge in [0.15, 0.2) is 0 Å². The maximum atomic E-state index is 5.75. The van der Waals surface area contributed by atoms with Crippen molar-refractivity contribution in [3.63, 3.8) is 0 Å². The van der Waals surface area contributed by atoms with Crippen LogP contribution in [0, 0.1) is 0 Å². The third-order valence-electron chi connectivity index (χ3n) is 3.71. The zero-order valence-corrected chi connectivity index (χ0v) is 13.8. The van der Waals surface area contributed by atoms with E-state index in [0.717, 1.165) is 52.7 Å². The largest absolute Gasteiger partial charge is 0.404 e. The third kappa shape index (κ3) is 3.51. The van der Waals surface area contributed by atoms with Crippen LogP contribution >= 0.6 is 15.9 Å². The lowest BCUT2D eigenvalue weighted by molar-refractivity contribution is 0.461. The normalized spacial score (nSPS) is 17.4. The molecule has 2 heterocycles. The van der Waals surface area contributed by atoms with E-state index in [0.29, 0.717) is 6.04 Å². The smallest absolute Gasteiger partial charge is 0.0922 e. The Labute approximate surface area is 137 Å². The lowest BCUT2D eigenvalue weighted by Gasteiger charge is -2.18. The molecule has 0 radical (unpaired) electrons. The first kappa shape index (κ1) is 15.1. The fourth-order valence-corrected chi connectivity index (χ4v) is 2.81. The number of hydrogen-bond acceptors (Lipinski definition) is 5. The molecular formula is C16H18BrN5. The van der Waals surface area contributed by atoms with E-state index in [2.05, 4.69) is 36.2 Å². The second kappa shape index (κ2) is 6.98. The number of aliphatic imine (C=N–C) groups is 1. The Kier molecular flexibility index (Phi) is 4.80. The molecule has 0 atom stereocenters.